The van der Waals surface area contributed by atoms with Gasteiger partial charge in [-0.25, -0.2) is 0 Å². The molecule has 1 amide bonds. The number of nitrogens with one attached hydrogen (secondary N) is 1. The zero-order chi connectivity index (χ0) is 15.1. The number of ether oxygens (including phenoxy) is 1. The van der Waals surface area contributed by atoms with Gasteiger partial charge in [-0.1, -0.05) is 24.6 Å². The molecule has 2 unspecified atom stereocenters. The van der Waals surface area contributed by atoms with Crippen LogP contribution in [-0.4, -0.2) is 31.3 Å². The number of para-hydroxylation sites is 1. The van der Waals surface area contributed by atoms with Gasteiger partial charge >= 0.3 is 0 Å². The smallest absolute Gasteiger partial charge is 0.244 e. The predicted molar refractivity (Wildman–Crippen MR) is 83.0 cm³/mol. The maximum absolute atomic E-state index is 11.9. The summed E-state index contributed by atoms with van der Waals surface area (Å²) in [5, 5.41) is 12.2. The van der Waals surface area contributed by atoms with Gasteiger partial charge in [-0.05, 0) is 36.8 Å². The van der Waals surface area contributed by atoms with Gasteiger partial charge in [-0.3, -0.25) is 4.79 Å². The molecule has 4 heteroatoms. The van der Waals surface area contributed by atoms with Crippen LogP contribution < -0.4 is 10.1 Å². The molecule has 0 saturated heterocycles. The third kappa shape index (κ3) is 4.33. The summed E-state index contributed by atoms with van der Waals surface area (Å²) in [6.07, 6.45) is 6.58. The quantitative estimate of drug-likeness (QED) is 0.790. The molecule has 4 nitrogen and oxygen atoms in total. The second-order valence-electron chi connectivity index (χ2n) is 5.45. The summed E-state index contributed by atoms with van der Waals surface area (Å²) >= 11 is 0. The number of aliphatic hydroxyl groups excluding tert-OH is 1. The van der Waals surface area contributed by atoms with Gasteiger partial charge in [0.05, 0.1) is 7.11 Å². The van der Waals surface area contributed by atoms with Crippen LogP contribution in [-0.2, 0) is 4.79 Å². The van der Waals surface area contributed by atoms with E-state index in [1.165, 1.54) is 6.08 Å². The van der Waals surface area contributed by atoms with Crippen molar-refractivity contribution in [3.63, 3.8) is 0 Å². The molecular formula is C17H23NO3. The molecule has 1 saturated carbocycles. The van der Waals surface area contributed by atoms with Gasteiger partial charge in [-0.2, -0.15) is 0 Å². The Morgan fingerprint density at radius 2 is 2.14 bits per heavy atom. The molecule has 2 atom stereocenters. The lowest BCUT2D eigenvalue weighted by Gasteiger charge is -2.17. The number of hydrogen-bond acceptors (Lipinski definition) is 3. The van der Waals surface area contributed by atoms with Crippen molar-refractivity contribution < 1.29 is 14.6 Å². The highest BCUT2D eigenvalue weighted by atomic mass is 16.5. The third-order valence-corrected chi connectivity index (χ3v) is 4.14. The SMILES string of the molecule is COc1ccccc1C=CC(=O)NCC1CCCC1CO. The number of carbonyl (C=O) groups excluding carboxylic acids is 1. The maximum Gasteiger partial charge on any atom is 0.244 e. The van der Waals surface area contributed by atoms with Crippen molar-refractivity contribution in [2.45, 2.75) is 19.3 Å². The first-order valence-electron chi connectivity index (χ1n) is 7.44. The molecule has 1 aromatic rings. The predicted octanol–water partition coefficient (Wildman–Crippen LogP) is 2.23. The standard InChI is InChI=1S/C17H23NO3/c1-21-16-8-3-2-5-13(16)9-10-17(20)18-11-14-6-4-7-15(14)12-19/h2-3,5,8-10,14-15,19H,4,6-7,11-12H2,1H3,(H,18,20). The molecule has 0 aromatic heterocycles. The van der Waals surface area contributed by atoms with E-state index in [-0.39, 0.29) is 12.5 Å². The Hall–Kier alpha value is -1.81. The normalized spacial score (nSPS) is 21.6. The summed E-state index contributed by atoms with van der Waals surface area (Å²) in [6.45, 7) is 0.859. The lowest BCUT2D eigenvalue weighted by atomic mass is 9.97. The minimum Gasteiger partial charge on any atom is -0.496 e. The van der Waals surface area contributed by atoms with Gasteiger partial charge in [0.15, 0.2) is 0 Å². The summed E-state index contributed by atoms with van der Waals surface area (Å²) in [5.74, 6) is 1.38. The fraction of sp³-hybridized carbons (Fsp3) is 0.471. The van der Waals surface area contributed by atoms with Crippen molar-refractivity contribution in [2.75, 3.05) is 20.3 Å². The van der Waals surface area contributed by atoms with E-state index >= 15 is 0 Å². The number of methoxy groups -OCH3 is 1. The molecule has 0 radical (unpaired) electrons. The van der Waals surface area contributed by atoms with Gasteiger partial charge in [-0.15, -0.1) is 0 Å². The Morgan fingerprint density at radius 3 is 2.90 bits per heavy atom. The molecule has 1 aliphatic rings. The van der Waals surface area contributed by atoms with E-state index in [0.29, 0.717) is 18.4 Å². The van der Waals surface area contributed by atoms with E-state index in [1.807, 2.05) is 24.3 Å². The molecule has 1 fully saturated rings. The van der Waals surface area contributed by atoms with Gasteiger partial charge < -0.3 is 15.2 Å². The molecule has 1 aliphatic carbocycles. The van der Waals surface area contributed by atoms with Gasteiger partial charge in [0.25, 0.3) is 0 Å². The second-order valence-corrected chi connectivity index (χ2v) is 5.45. The Bertz CT molecular complexity index is 499. The number of rotatable bonds is 6. The van der Waals surface area contributed by atoms with Gasteiger partial charge in [0, 0.05) is 24.8 Å². The minimum absolute atomic E-state index is 0.107. The van der Waals surface area contributed by atoms with Crippen LogP contribution in [0.5, 0.6) is 5.75 Å². The van der Waals surface area contributed by atoms with Crippen molar-refractivity contribution in [1.82, 2.24) is 5.32 Å². The highest BCUT2D eigenvalue weighted by Gasteiger charge is 2.26. The number of amides is 1. The van der Waals surface area contributed by atoms with Crippen molar-refractivity contribution in [2.24, 2.45) is 11.8 Å². The van der Waals surface area contributed by atoms with Crippen LogP contribution >= 0.6 is 0 Å². The molecule has 0 bridgehead atoms. The number of benzene rings is 1. The monoisotopic (exact) mass is 289 g/mol. The summed E-state index contributed by atoms with van der Waals surface area (Å²) in [5.41, 5.74) is 0.879. The van der Waals surface area contributed by atoms with Crippen LogP contribution in [0.15, 0.2) is 30.3 Å². The molecule has 0 heterocycles. The van der Waals surface area contributed by atoms with Crippen LogP contribution in [0.1, 0.15) is 24.8 Å². The topological polar surface area (TPSA) is 58.6 Å². The maximum atomic E-state index is 11.9. The van der Waals surface area contributed by atoms with E-state index in [0.717, 1.165) is 30.6 Å². The summed E-state index contributed by atoms with van der Waals surface area (Å²) in [4.78, 5) is 11.9. The fourth-order valence-corrected chi connectivity index (χ4v) is 2.88. The molecule has 0 aliphatic heterocycles. The Morgan fingerprint density at radius 1 is 1.38 bits per heavy atom. The first-order chi connectivity index (χ1) is 10.2. The van der Waals surface area contributed by atoms with Crippen LogP contribution in [0.3, 0.4) is 0 Å². The molecule has 2 rings (SSSR count). The van der Waals surface area contributed by atoms with Crippen LogP contribution in [0.25, 0.3) is 6.08 Å². The molecular weight excluding hydrogens is 266 g/mol. The molecule has 21 heavy (non-hydrogen) atoms. The number of carbonyl (C=O) groups is 1. The lowest BCUT2D eigenvalue weighted by molar-refractivity contribution is -0.116. The first-order valence-corrected chi connectivity index (χ1v) is 7.44. The molecule has 0 spiro atoms. The van der Waals surface area contributed by atoms with Crippen molar-refractivity contribution in [1.29, 1.82) is 0 Å². The Kier molecular flexibility index (Phi) is 5.81. The van der Waals surface area contributed by atoms with E-state index < -0.39 is 0 Å². The van der Waals surface area contributed by atoms with Crippen molar-refractivity contribution in [3.05, 3.63) is 35.9 Å². The van der Waals surface area contributed by atoms with Crippen molar-refractivity contribution in [3.8, 4) is 5.75 Å². The Labute approximate surface area is 125 Å². The third-order valence-electron chi connectivity index (χ3n) is 4.14. The highest BCUT2D eigenvalue weighted by Crippen LogP contribution is 2.30. The van der Waals surface area contributed by atoms with Gasteiger partial charge in [0.1, 0.15) is 5.75 Å². The van der Waals surface area contributed by atoms with E-state index in [2.05, 4.69) is 5.32 Å². The molecule has 2 N–H and O–H groups in total. The van der Waals surface area contributed by atoms with E-state index in [4.69, 9.17) is 4.74 Å². The first kappa shape index (κ1) is 15.6. The van der Waals surface area contributed by atoms with E-state index in [9.17, 15) is 9.90 Å². The average molecular weight is 289 g/mol. The zero-order valence-electron chi connectivity index (χ0n) is 12.4. The highest BCUT2D eigenvalue weighted by molar-refractivity contribution is 5.92. The summed E-state index contributed by atoms with van der Waals surface area (Å²) in [7, 11) is 1.61. The molecule has 114 valence electrons. The van der Waals surface area contributed by atoms with E-state index in [1.54, 1.807) is 13.2 Å². The largest absolute Gasteiger partial charge is 0.496 e. The average Bonchev–Trinajstić information content (AvgIpc) is 2.98. The zero-order valence-corrected chi connectivity index (χ0v) is 12.4. The summed E-state index contributed by atoms with van der Waals surface area (Å²) in [6, 6.07) is 7.57. The van der Waals surface area contributed by atoms with Crippen molar-refractivity contribution >= 4 is 12.0 Å². The van der Waals surface area contributed by atoms with Crippen LogP contribution in [0.4, 0.5) is 0 Å². The number of hydrogen-bond donors (Lipinski definition) is 2. The Balaban J connectivity index is 1.85. The lowest BCUT2D eigenvalue weighted by Crippen LogP contribution is -2.30. The van der Waals surface area contributed by atoms with Gasteiger partial charge in [0.2, 0.25) is 5.91 Å². The second kappa shape index (κ2) is 7.84. The fourth-order valence-electron chi connectivity index (χ4n) is 2.88. The van der Waals surface area contributed by atoms with Crippen LogP contribution in [0, 0.1) is 11.8 Å². The minimum atomic E-state index is -0.107. The summed E-state index contributed by atoms with van der Waals surface area (Å²) < 4.78 is 5.24. The van der Waals surface area contributed by atoms with Crippen LogP contribution in [0.2, 0.25) is 0 Å². The number of aliphatic hydroxyl groups is 1. The molecule has 1 aromatic carbocycles.